The predicted octanol–water partition coefficient (Wildman–Crippen LogP) is 3.07. The topological polar surface area (TPSA) is 93.7 Å². The molecule has 2 aromatic carbocycles. The Morgan fingerprint density at radius 1 is 0.938 bits per heavy atom. The highest BCUT2D eigenvalue weighted by molar-refractivity contribution is 5.91. The number of rotatable bonds is 9. The van der Waals surface area contributed by atoms with Crippen molar-refractivity contribution in [3.63, 3.8) is 0 Å². The Bertz CT molecular complexity index is 986. The first-order valence-electron chi connectivity index (χ1n) is 10.3. The van der Waals surface area contributed by atoms with Gasteiger partial charge >= 0.3 is 12.1 Å². The first-order chi connectivity index (χ1) is 15.6. The SMILES string of the molecule is COC(=O)C(NC(=O)[C@H](Cc1ccccc1)NC(=O)OCc1ccccc1)C1=CC=CC1. The van der Waals surface area contributed by atoms with Crippen molar-refractivity contribution in [1.29, 1.82) is 0 Å². The van der Waals surface area contributed by atoms with Crippen molar-refractivity contribution < 1.29 is 23.9 Å². The third-order valence-corrected chi connectivity index (χ3v) is 5.00. The normalized spacial score (nSPS) is 14.1. The molecule has 2 N–H and O–H groups in total. The molecule has 0 fully saturated rings. The monoisotopic (exact) mass is 434 g/mol. The van der Waals surface area contributed by atoms with Gasteiger partial charge in [-0.05, 0) is 23.1 Å². The minimum absolute atomic E-state index is 0.0791. The number of esters is 1. The largest absolute Gasteiger partial charge is 0.467 e. The van der Waals surface area contributed by atoms with E-state index in [9.17, 15) is 14.4 Å². The number of alkyl carbamates (subject to hydrolysis) is 1. The molecule has 0 radical (unpaired) electrons. The van der Waals surface area contributed by atoms with E-state index < -0.39 is 30.1 Å². The van der Waals surface area contributed by atoms with E-state index in [-0.39, 0.29) is 13.0 Å². The van der Waals surface area contributed by atoms with Gasteiger partial charge in [-0.3, -0.25) is 4.79 Å². The second kappa shape index (κ2) is 11.5. The number of nitrogens with one attached hydrogen (secondary N) is 2. The van der Waals surface area contributed by atoms with Crippen LogP contribution in [0.5, 0.6) is 0 Å². The maximum Gasteiger partial charge on any atom is 0.408 e. The average molecular weight is 434 g/mol. The molecule has 2 atom stereocenters. The lowest BCUT2D eigenvalue weighted by Crippen LogP contribution is -2.53. The summed E-state index contributed by atoms with van der Waals surface area (Å²) in [6.45, 7) is 0.0791. The molecule has 0 saturated carbocycles. The van der Waals surface area contributed by atoms with Gasteiger partial charge in [0.2, 0.25) is 5.91 Å². The molecule has 0 aliphatic heterocycles. The van der Waals surface area contributed by atoms with E-state index in [1.54, 1.807) is 6.08 Å². The van der Waals surface area contributed by atoms with Crippen LogP contribution in [0.2, 0.25) is 0 Å². The summed E-state index contributed by atoms with van der Waals surface area (Å²) < 4.78 is 10.1. The molecule has 1 aliphatic rings. The zero-order valence-electron chi connectivity index (χ0n) is 17.8. The number of carbonyl (C=O) groups excluding carboxylic acids is 3. The molecule has 0 saturated heterocycles. The van der Waals surface area contributed by atoms with Gasteiger partial charge in [-0.1, -0.05) is 78.9 Å². The van der Waals surface area contributed by atoms with Gasteiger partial charge in [0.15, 0.2) is 0 Å². The van der Waals surface area contributed by atoms with Crippen molar-refractivity contribution >= 4 is 18.0 Å². The summed E-state index contributed by atoms with van der Waals surface area (Å²) in [5.41, 5.74) is 2.40. The molecule has 2 amide bonds. The van der Waals surface area contributed by atoms with Crippen molar-refractivity contribution in [2.24, 2.45) is 0 Å². The van der Waals surface area contributed by atoms with Gasteiger partial charge in [0.25, 0.3) is 0 Å². The maximum absolute atomic E-state index is 13.1. The Morgan fingerprint density at radius 2 is 1.59 bits per heavy atom. The predicted molar refractivity (Wildman–Crippen MR) is 119 cm³/mol. The molecule has 1 aliphatic carbocycles. The molecular formula is C25H26N2O5. The second-order valence-electron chi connectivity index (χ2n) is 7.29. The van der Waals surface area contributed by atoms with Crippen LogP contribution >= 0.6 is 0 Å². The van der Waals surface area contributed by atoms with E-state index >= 15 is 0 Å². The number of benzene rings is 2. The van der Waals surface area contributed by atoms with E-state index in [4.69, 9.17) is 9.47 Å². The fourth-order valence-corrected chi connectivity index (χ4v) is 3.31. The number of carbonyl (C=O) groups is 3. The van der Waals surface area contributed by atoms with Crippen molar-refractivity contribution in [3.8, 4) is 0 Å². The van der Waals surface area contributed by atoms with Gasteiger partial charge in [-0.25, -0.2) is 9.59 Å². The number of amides is 2. The second-order valence-corrected chi connectivity index (χ2v) is 7.29. The zero-order valence-corrected chi connectivity index (χ0v) is 17.8. The standard InChI is InChI=1S/C25H26N2O5/c1-31-24(29)22(20-14-8-9-15-20)27-23(28)21(16-18-10-4-2-5-11-18)26-25(30)32-17-19-12-6-3-7-13-19/h2-14,21-22H,15-17H2,1H3,(H,26,30)(H,27,28)/t21-,22?/m0/s1. The van der Waals surface area contributed by atoms with E-state index in [0.29, 0.717) is 6.42 Å². The molecule has 0 heterocycles. The van der Waals surface area contributed by atoms with Crippen molar-refractivity contribution in [2.75, 3.05) is 7.11 Å². The van der Waals surface area contributed by atoms with Crippen LogP contribution in [0, 0.1) is 0 Å². The molecular weight excluding hydrogens is 408 g/mol. The van der Waals surface area contributed by atoms with Crippen LogP contribution in [0.25, 0.3) is 0 Å². The van der Waals surface area contributed by atoms with Gasteiger partial charge in [-0.15, -0.1) is 0 Å². The first kappa shape index (κ1) is 22.8. The Morgan fingerprint density at radius 3 is 2.19 bits per heavy atom. The van der Waals surface area contributed by atoms with Gasteiger partial charge in [0.1, 0.15) is 18.7 Å². The fourth-order valence-electron chi connectivity index (χ4n) is 3.31. The highest BCUT2D eigenvalue weighted by Crippen LogP contribution is 2.16. The lowest BCUT2D eigenvalue weighted by molar-refractivity contribution is -0.144. The highest BCUT2D eigenvalue weighted by atomic mass is 16.5. The molecule has 7 heteroatoms. The summed E-state index contributed by atoms with van der Waals surface area (Å²) in [6.07, 6.45) is 5.53. The van der Waals surface area contributed by atoms with Crippen molar-refractivity contribution in [3.05, 3.63) is 95.6 Å². The smallest absolute Gasteiger partial charge is 0.408 e. The maximum atomic E-state index is 13.1. The lowest BCUT2D eigenvalue weighted by atomic mass is 10.0. The Labute approximate surface area is 187 Å². The molecule has 0 bridgehead atoms. The van der Waals surface area contributed by atoms with E-state index in [1.165, 1.54) is 7.11 Å². The van der Waals surface area contributed by atoms with Gasteiger partial charge in [0.05, 0.1) is 7.11 Å². The summed E-state index contributed by atoms with van der Waals surface area (Å²) in [5, 5.41) is 5.35. The van der Waals surface area contributed by atoms with E-state index in [0.717, 1.165) is 16.7 Å². The summed E-state index contributed by atoms with van der Waals surface area (Å²) in [5.74, 6) is -1.08. The number of hydrogen-bond donors (Lipinski definition) is 2. The zero-order chi connectivity index (χ0) is 22.8. The van der Waals surface area contributed by atoms with Crippen LogP contribution in [0.1, 0.15) is 17.5 Å². The Kier molecular flexibility index (Phi) is 8.20. The third kappa shape index (κ3) is 6.57. The fraction of sp³-hybridized carbons (Fsp3) is 0.240. The third-order valence-electron chi connectivity index (χ3n) is 5.00. The van der Waals surface area contributed by atoms with Crippen LogP contribution in [-0.4, -0.2) is 37.2 Å². The summed E-state index contributed by atoms with van der Waals surface area (Å²) >= 11 is 0. The molecule has 0 spiro atoms. The van der Waals surface area contributed by atoms with Crippen LogP contribution in [-0.2, 0) is 32.1 Å². The van der Waals surface area contributed by atoms with E-state index in [1.807, 2.05) is 72.8 Å². The van der Waals surface area contributed by atoms with Crippen LogP contribution < -0.4 is 10.6 Å². The minimum Gasteiger partial charge on any atom is -0.467 e. The van der Waals surface area contributed by atoms with Gasteiger partial charge in [0, 0.05) is 6.42 Å². The highest BCUT2D eigenvalue weighted by Gasteiger charge is 2.30. The Balaban J connectivity index is 1.69. The number of methoxy groups -OCH3 is 1. The van der Waals surface area contributed by atoms with Gasteiger partial charge in [-0.2, -0.15) is 0 Å². The number of allylic oxidation sites excluding steroid dienone is 3. The molecule has 7 nitrogen and oxygen atoms in total. The Hall–Kier alpha value is -3.87. The molecule has 1 unspecified atom stereocenters. The van der Waals surface area contributed by atoms with Crippen LogP contribution in [0.3, 0.4) is 0 Å². The van der Waals surface area contributed by atoms with Gasteiger partial charge < -0.3 is 20.1 Å². The number of hydrogen-bond acceptors (Lipinski definition) is 5. The molecule has 3 rings (SSSR count). The minimum atomic E-state index is -0.942. The molecule has 2 aromatic rings. The molecule has 32 heavy (non-hydrogen) atoms. The summed E-state index contributed by atoms with van der Waals surface area (Å²) in [6, 6.07) is 16.7. The summed E-state index contributed by atoms with van der Waals surface area (Å²) in [4.78, 5) is 37.8. The quantitative estimate of drug-likeness (QED) is 0.592. The number of ether oxygens (including phenoxy) is 2. The summed E-state index contributed by atoms with van der Waals surface area (Å²) in [7, 11) is 1.27. The van der Waals surface area contributed by atoms with Crippen molar-refractivity contribution in [2.45, 2.75) is 31.5 Å². The molecule has 0 aromatic heterocycles. The lowest BCUT2D eigenvalue weighted by Gasteiger charge is -2.23. The average Bonchev–Trinajstić information content (AvgIpc) is 3.36. The first-order valence-corrected chi connectivity index (χ1v) is 10.3. The van der Waals surface area contributed by atoms with E-state index in [2.05, 4.69) is 10.6 Å². The van der Waals surface area contributed by atoms with Crippen LogP contribution in [0.4, 0.5) is 4.79 Å². The van der Waals surface area contributed by atoms with Crippen molar-refractivity contribution in [1.82, 2.24) is 10.6 Å². The molecule has 166 valence electrons. The van der Waals surface area contributed by atoms with Crippen LogP contribution in [0.15, 0.2) is 84.5 Å².